The molecular weight excluding hydrogens is 466 g/mol. The minimum atomic E-state index is -4.34. The first-order valence-electron chi connectivity index (χ1n) is 8.65. The third-order valence-corrected chi connectivity index (χ3v) is 4.94. The van der Waals surface area contributed by atoms with E-state index in [1.54, 1.807) is 12.1 Å². The average Bonchev–Trinajstić information content (AvgIpc) is 3.20. The van der Waals surface area contributed by atoms with Crippen LogP contribution in [0.2, 0.25) is 0 Å². The van der Waals surface area contributed by atoms with Crippen LogP contribution in [0.3, 0.4) is 0 Å². The topological polar surface area (TPSA) is 188 Å². The van der Waals surface area contributed by atoms with Crippen LogP contribution in [0.1, 0.15) is 17.2 Å². The highest BCUT2D eigenvalue weighted by Crippen LogP contribution is 2.37. The molecule has 0 atom stereocenters. The van der Waals surface area contributed by atoms with Gasteiger partial charge in [-0.2, -0.15) is 32.2 Å². The number of hydrogen-bond acceptors (Lipinski definition) is 10. The second-order valence-corrected chi connectivity index (χ2v) is 8.56. The third-order valence-electron chi connectivity index (χ3n) is 4.12. The van der Waals surface area contributed by atoms with Crippen molar-refractivity contribution in [2.75, 3.05) is 14.2 Å². The quantitative estimate of drug-likeness (QED) is 0.420. The lowest BCUT2D eigenvalue weighted by Crippen LogP contribution is -2.20. The Morgan fingerprint density at radius 3 is 1.62 bits per heavy atom. The molecule has 0 saturated heterocycles. The maximum Gasteiger partial charge on any atom is 0.380 e. The fourth-order valence-electron chi connectivity index (χ4n) is 2.96. The van der Waals surface area contributed by atoms with Gasteiger partial charge >= 0.3 is 20.6 Å². The van der Waals surface area contributed by atoms with E-state index in [0.29, 0.717) is 11.1 Å². The molecule has 0 unspecified atom stereocenters. The Morgan fingerprint density at radius 1 is 0.812 bits per heavy atom. The first-order valence-corrected chi connectivity index (χ1v) is 11.6. The number of nitrogens with two attached hydrogens (primary N) is 2. The van der Waals surface area contributed by atoms with Gasteiger partial charge in [0.1, 0.15) is 18.7 Å². The molecule has 172 valence electrons. The number of nitrogens with zero attached hydrogens (tertiary/aromatic N) is 3. The molecule has 3 rings (SSSR count). The highest BCUT2D eigenvalue weighted by atomic mass is 32.2. The molecule has 13 nitrogen and oxygen atoms in total. The third kappa shape index (κ3) is 5.64. The molecule has 0 aliphatic carbocycles. The summed E-state index contributed by atoms with van der Waals surface area (Å²) in [6.45, 7) is 0. The molecular formula is C17H19N5O8S2. The molecule has 3 aromatic rings. The van der Waals surface area contributed by atoms with E-state index in [0.717, 1.165) is 0 Å². The van der Waals surface area contributed by atoms with Crippen molar-refractivity contribution in [3.05, 3.63) is 60.2 Å². The summed E-state index contributed by atoms with van der Waals surface area (Å²) in [6, 6.07) is 8.27. The molecule has 2 aromatic carbocycles. The summed E-state index contributed by atoms with van der Waals surface area (Å²) in [5.74, 6) is -0.0829. The van der Waals surface area contributed by atoms with Gasteiger partial charge < -0.3 is 17.8 Å². The SMILES string of the molecule is COc1ccc(C(c2ccc(OC)c(OS(N)(=O)=O)c2)n2cncn2)cc1OS(N)(=O)=O. The Kier molecular flexibility index (Phi) is 6.54. The van der Waals surface area contributed by atoms with Crippen LogP contribution in [0.25, 0.3) is 0 Å². The van der Waals surface area contributed by atoms with Gasteiger partial charge in [-0.05, 0) is 35.4 Å². The van der Waals surface area contributed by atoms with Crippen molar-refractivity contribution in [2.24, 2.45) is 10.3 Å². The second kappa shape index (κ2) is 8.99. The van der Waals surface area contributed by atoms with Crippen molar-refractivity contribution < 1.29 is 34.7 Å². The van der Waals surface area contributed by atoms with Crippen LogP contribution in [-0.4, -0.2) is 45.8 Å². The molecule has 0 bridgehead atoms. The van der Waals surface area contributed by atoms with Crippen LogP contribution in [0.5, 0.6) is 23.0 Å². The Labute approximate surface area is 184 Å². The fourth-order valence-corrected chi connectivity index (χ4v) is 3.72. The van der Waals surface area contributed by atoms with E-state index in [9.17, 15) is 16.8 Å². The second-order valence-electron chi connectivity index (χ2n) is 6.25. The number of aromatic nitrogens is 3. The molecule has 32 heavy (non-hydrogen) atoms. The van der Waals surface area contributed by atoms with Crippen molar-refractivity contribution >= 4 is 20.6 Å². The van der Waals surface area contributed by atoms with E-state index < -0.39 is 26.7 Å². The standard InChI is InChI=1S/C17H19N5O8S2/c1-27-13-5-3-11(7-15(13)29-31(18,23)24)17(22-10-20-9-21-22)12-4-6-14(28-2)16(8-12)30-32(19,25)26/h3-10,17H,1-2H3,(H2,18,23,24)(H2,19,25,26). The Balaban J connectivity index is 2.18. The van der Waals surface area contributed by atoms with Gasteiger partial charge in [-0.3, -0.25) is 0 Å². The zero-order valence-corrected chi connectivity index (χ0v) is 18.4. The van der Waals surface area contributed by atoms with Crippen LogP contribution < -0.4 is 28.1 Å². The van der Waals surface area contributed by atoms with E-state index >= 15 is 0 Å². The van der Waals surface area contributed by atoms with Crippen LogP contribution in [-0.2, 0) is 20.6 Å². The maximum absolute atomic E-state index is 11.5. The van der Waals surface area contributed by atoms with Gasteiger partial charge in [-0.1, -0.05) is 12.1 Å². The smallest absolute Gasteiger partial charge is 0.380 e. The monoisotopic (exact) mass is 485 g/mol. The largest absolute Gasteiger partial charge is 0.493 e. The lowest BCUT2D eigenvalue weighted by Gasteiger charge is -2.21. The lowest BCUT2D eigenvalue weighted by atomic mass is 9.98. The number of hydrogen-bond donors (Lipinski definition) is 2. The minimum Gasteiger partial charge on any atom is -0.493 e. The van der Waals surface area contributed by atoms with Crippen LogP contribution >= 0.6 is 0 Å². The molecule has 0 aliphatic rings. The minimum absolute atomic E-state index is 0.119. The lowest BCUT2D eigenvalue weighted by molar-refractivity contribution is 0.389. The molecule has 0 radical (unpaired) electrons. The zero-order valence-electron chi connectivity index (χ0n) is 16.8. The molecule has 4 N–H and O–H groups in total. The summed E-state index contributed by atoms with van der Waals surface area (Å²) in [5, 5.41) is 14.1. The van der Waals surface area contributed by atoms with Gasteiger partial charge in [0, 0.05) is 0 Å². The summed E-state index contributed by atoms with van der Waals surface area (Å²) in [6.07, 6.45) is 2.71. The first kappa shape index (κ1) is 23.3. The molecule has 15 heteroatoms. The highest BCUT2D eigenvalue weighted by molar-refractivity contribution is 7.85. The molecule has 0 fully saturated rings. The van der Waals surface area contributed by atoms with Gasteiger partial charge in [-0.15, -0.1) is 0 Å². The number of ether oxygens (including phenoxy) is 2. The summed E-state index contributed by atoms with van der Waals surface area (Å²) in [5.41, 5.74) is 0.948. The van der Waals surface area contributed by atoms with Gasteiger partial charge in [0.2, 0.25) is 0 Å². The number of methoxy groups -OCH3 is 2. The van der Waals surface area contributed by atoms with Gasteiger partial charge in [0.15, 0.2) is 23.0 Å². The average molecular weight is 486 g/mol. The molecule has 0 aliphatic heterocycles. The van der Waals surface area contributed by atoms with E-state index in [-0.39, 0.29) is 23.0 Å². The van der Waals surface area contributed by atoms with E-state index in [2.05, 4.69) is 10.1 Å². The number of benzene rings is 2. The molecule has 0 amide bonds. The van der Waals surface area contributed by atoms with Gasteiger partial charge in [-0.25, -0.2) is 9.67 Å². The van der Waals surface area contributed by atoms with Crippen LogP contribution in [0, 0.1) is 0 Å². The Bertz CT molecular complexity index is 1230. The Hall–Kier alpha value is -3.40. The van der Waals surface area contributed by atoms with Crippen LogP contribution in [0.4, 0.5) is 0 Å². The van der Waals surface area contributed by atoms with Gasteiger partial charge in [0.05, 0.1) is 14.2 Å². The van der Waals surface area contributed by atoms with Crippen molar-refractivity contribution in [1.82, 2.24) is 14.8 Å². The van der Waals surface area contributed by atoms with E-state index in [1.165, 1.54) is 55.8 Å². The van der Waals surface area contributed by atoms with Crippen molar-refractivity contribution in [1.29, 1.82) is 0 Å². The van der Waals surface area contributed by atoms with Crippen molar-refractivity contribution in [3.63, 3.8) is 0 Å². The molecule has 0 saturated carbocycles. The van der Waals surface area contributed by atoms with Crippen molar-refractivity contribution in [2.45, 2.75) is 6.04 Å². The van der Waals surface area contributed by atoms with Crippen molar-refractivity contribution in [3.8, 4) is 23.0 Å². The summed E-state index contributed by atoms with van der Waals surface area (Å²) >= 11 is 0. The summed E-state index contributed by atoms with van der Waals surface area (Å²) in [4.78, 5) is 3.93. The zero-order chi connectivity index (χ0) is 23.5. The van der Waals surface area contributed by atoms with Crippen LogP contribution in [0.15, 0.2) is 49.1 Å². The highest BCUT2D eigenvalue weighted by Gasteiger charge is 2.23. The molecule has 1 aromatic heterocycles. The van der Waals surface area contributed by atoms with E-state index in [1.807, 2.05) is 0 Å². The fraction of sp³-hybridized carbons (Fsp3) is 0.176. The van der Waals surface area contributed by atoms with E-state index in [4.69, 9.17) is 28.1 Å². The summed E-state index contributed by atoms with van der Waals surface area (Å²) < 4.78 is 67.3. The predicted molar refractivity (Wildman–Crippen MR) is 111 cm³/mol. The normalized spacial score (nSPS) is 11.9. The van der Waals surface area contributed by atoms with Gasteiger partial charge in [0.25, 0.3) is 0 Å². The molecule has 1 heterocycles. The maximum atomic E-state index is 11.5. The number of rotatable bonds is 9. The predicted octanol–water partition coefficient (Wildman–Crippen LogP) is 0.0976. The Morgan fingerprint density at radius 2 is 1.28 bits per heavy atom. The molecule has 0 spiro atoms. The summed E-state index contributed by atoms with van der Waals surface area (Å²) in [7, 11) is -6.01. The first-order chi connectivity index (χ1) is 15.0.